The van der Waals surface area contributed by atoms with Gasteiger partial charge in [-0.2, -0.15) is 0 Å². The minimum absolute atomic E-state index is 0.373. The molecule has 1 aliphatic rings. The van der Waals surface area contributed by atoms with E-state index in [1.807, 2.05) is 0 Å². The monoisotopic (exact) mass is 151 g/mol. The third-order valence-corrected chi connectivity index (χ3v) is 1.82. The van der Waals surface area contributed by atoms with Gasteiger partial charge >= 0.3 is 0 Å². The zero-order valence-electron chi connectivity index (χ0n) is 6.03. The van der Waals surface area contributed by atoms with Crippen LogP contribution in [0.5, 0.6) is 5.75 Å². The summed E-state index contributed by atoms with van der Waals surface area (Å²) in [4.78, 5) is 3.90. The van der Waals surface area contributed by atoms with Crippen molar-refractivity contribution in [3.8, 4) is 5.75 Å². The van der Waals surface area contributed by atoms with Crippen molar-refractivity contribution < 1.29 is 9.84 Å². The molecule has 0 saturated heterocycles. The van der Waals surface area contributed by atoms with E-state index in [1.165, 1.54) is 0 Å². The Morgan fingerprint density at radius 1 is 1.64 bits per heavy atom. The molecule has 58 valence electrons. The van der Waals surface area contributed by atoms with E-state index in [0.717, 1.165) is 5.56 Å². The molecule has 1 aliphatic heterocycles. The molecular formula is C8H9NO2. The summed E-state index contributed by atoms with van der Waals surface area (Å²) in [6.45, 7) is 0.583. The molecule has 1 atom stereocenters. The fraction of sp³-hybridized carbons (Fsp3) is 0.375. The summed E-state index contributed by atoms with van der Waals surface area (Å²) in [5.41, 5.74) is 0.853. The first-order valence-corrected chi connectivity index (χ1v) is 3.63. The van der Waals surface area contributed by atoms with E-state index in [-0.39, 0.29) is 6.10 Å². The van der Waals surface area contributed by atoms with E-state index in [0.29, 0.717) is 18.8 Å². The Labute approximate surface area is 64.6 Å². The van der Waals surface area contributed by atoms with Gasteiger partial charge in [-0.15, -0.1) is 0 Å². The molecule has 0 unspecified atom stereocenters. The van der Waals surface area contributed by atoms with Gasteiger partial charge in [0.15, 0.2) is 0 Å². The molecule has 0 fully saturated rings. The molecule has 0 radical (unpaired) electrons. The fourth-order valence-corrected chi connectivity index (χ4v) is 1.22. The Morgan fingerprint density at radius 2 is 2.55 bits per heavy atom. The van der Waals surface area contributed by atoms with Crippen LogP contribution < -0.4 is 4.74 Å². The second kappa shape index (κ2) is 2.51. The zero-order valence-corrected chi connectivity index (χ0v) is 6.03. The van der Waals surface area contributed by atoms with Gasteiger partial charge in [0.2, 0.25) is 0 Å². The Bertz CT molecular complexity index is 262. The molecule has 0 aliphatic carbocycles. The number of aromatic nitrogens is 1. The third kappa shape index (κ3) is 1.07. The van der Waals surface area contributed by atoms with Gasteiger partial charge in [-0.05, 0) is 6.07 Å². The van der Waals surface area contributed by atoms with E-state index in [2.05, 4.69) is 4.98 Å². The van der Waals surface area contributed by atoms with Crippen LogP contribution in [0.4, 0.5) is 0 Å². The van der Waals surface area contributed by atoms with Crippen LogP contribution in [0.3, 0.4) is 0 Å². The number of nitrogens with zero attached hydrogens (tertiary/aromatic N) is 1. The lowest BCUT2D eigenvalue weighted by molar-refractivity contribution is 0.115. The van der Waals surface area contributed by atoms with Gasteiger partial charge in [0.05, 0.1) is 18.9 Å². The maximum Gasteiger partial charge on any atom is 0.143 e. The van der Waals surface area contributed by atoms with Gasteiger partial charge in [0, 0.05) is 18.2 Å². The number of ether oxygens (including phenoxy) is 1. The van der Waals surface area contributed by atoms with Gasteiger partial charge in [0.25, 0.3) is 0 Å². The second-order valence-electron chi connectivity index (χ2n) is 2.57. The standard InChI is InChI=1S/C8H9NO2/c10-7-2-4-11-8-5-9-3-1-6(7)8/h1,3,5,7,10H,2,4H2/t7-/m0/s1. The molecule has 0 spiro atoms. The van der Waals surface area contributed by atoms with Crippen molar-refractivity contribution in [1.82, 2.24) is 4.98 Å². The topological polar surface area (TPSA) is 42.4 Å². The smallest absolute Gasteiger partial charge is 0.143 e. The first-order valence-electron chi connectivity index (χ1n) is 3.63. The zero-order chi connectivity index (χ0) is 7.68. The molecule has 1 N–H and O–H groups in total. The lowest BCUT2D eigenvalue weighted by Crippen LogP contribution is -2.13. The predicted octanol–water partition coefficient (Wildman–Crippen LogP) is 0.897. The van der Waals surface area contributed by atoms with E-state index < -0.39 is 0 Å². The lowest BCUT2D eigenvalue weighted by atomic mass is 10.1. The number of aliphatic hydroxyl groups excluding tert-OH is 1. The van der Waals surface area contributed by atoms with Gasteiger partial charge in [-0.25, -0.2) is 0 Å². The van der Waals surface area contributed by atoms with Crippen molar-refractivity contribution in [3.05, 3.63) is 24.0 Å². The Hall–Kier alpha value is -1.09. The first kappa shape index (κ1) is 6.61. The van der Waals surface area contributed by atoms with Crippen molar-refractivity contribution >= 4 is 0 Å². The van der Waals surface area contributed by atoms with Crippen LogP contribution in [0.25, 0.3) is 0 Å². The molecule has 11 heavy (non-hydrogen) atoms. The van der Waals surface area contributed by atoms with E-state index in [4.69, 9.17) is 4.74 Å². The quantitative estimate of drug-likeness (QED) is 0.599. The van der Waals surface area contributed by atoms with Crippen LogP contribution >= 0.6 is 0 Å². The van der Waals surface area contributed by atoms with Crippen LogP contribution in [-0.2, 0) is 0 Å². The van der Waals surface area contributed by atoms with E-state index in [9.17, 15) is 5.11 Å². The molecule has 0 bridgehead atoms. The normalized spacial score (nSPS) is 22.1. The van der Waals surface area contributed by atoms with Crippen LogP contribution in [-0.4, -0.2) is 16.7 Å². The summed E-state index contributed by atoms with van der Waals surface area (Å²) in [6, 6.07) is 1.79. The molecule has 1 aromatic rings. The summed E-state index contributed by atoms with van der Waals surface area (Å²) in [5.74, 6) is 0.714. The number of aliphatic hydroxyl groups is 1. The summed E-state index contributed by atoms with van der Waals surface area (Å²) in [5, 5.41) is 9.45. The number of hydrogen-bond acceptors (Lipinski definition) is 3. The lowest BCUT2D eigenvalue weighted by Gasteiger charge is -2.20. The van der Waals surface area contributed by atoms with Crippen LogP contribution in [0.1, 0.15) is 18.1 Å². The van der Waals surface area contributed by atoms with Crippen molar-refractivity contribution in [1.29, 1.82) is 0 Å². The van der Waals surface area contributed by atoms with Crippen molar-refractivity contribution in [2.75, 3.05) is 6.61 Å². The highest BCUT2D eigenvalue weighted by Crippen LogP contribution is 2.30. The molecule has 2 heterocycles. The molecule has 0 aromatic carbocycles. The largest absolute Gasteiger partial charge is 0.491 e. The molecular weight excluding hydrogens is 142 g/mol. The molecule has 2 rings (SSSR count). The minimum atomic E-state index is -0.373. The maximum atomic E-state index is 9.45. The van der Waals surface area contributed by atoms with Crippen molar-refractivity contribution in [2.45, 2.75) is 12.5 Å². The number of rotatable bonds is 0. The highest BCUT2D eigenvalue weighted by Gasteiger charge is 2.17. The third-order valence-electron chi connectivity index (χ3n) is 1.82. The molecule has 0 amide bonds. The fourth-order valence-electron chi connectivity index (χ4n) is 1.22. The number of pyridine rings is 1. The maximum absolute atomic E-state index is 9.45. The second-order valence-corrected chi connectivity index (χ2v) is 2.57. The van der Waals surface area contributed by atoms with Crippen molar-refractivity contribution in [2.24, 2.45) is 0 Å². The minimum Gasteiger partial charge on any atom is -0.491 e. The van der Waals surface area contributed by atoms with Crippen LogP contribution in [0.2, 0.25) is 0 Å². The summed E-state index contributed by atoms with van der Waals surface area (Å²) >= 11 is 0. The number of hydrogen-bond donors (Lipinski definition) is 1. The average Bonchev–Trinajstić information content (AvgIpc) is 2.06. The summed E-state index contributed by atoms with van der Waals surface area (Å²) < 4.78 is 5.27. The Balaban J connectivity index is 2.44. The average molecular weight is 151 g/mol. The van der Waals surface area contributed by atoms with E-state index >= 15 is 0 Å². The van der Waals surface area contributed by atoms with Crippen LogP contribution in [0, 0.1) is 0 Å². The molecule has 1 aromatic heterocycles. The Kier molecular flexibility index (Phi) is 1.51. The Morgan fingerprint density at radius 3 is 3.36 bits per heavy atom. The highest BCUT2D eigenvalue weighted by molar-refractivity contribution is 5.33. The SMILES string of the molecule is O[C@H]1CCOc2cnccc21. The predicted molar refractivity (Wildman–Crippen MR) is 39.3 cm³/mol. The summed E-state index contributed by atoms with van der Waals surface area (Å²) in [7, 11) is 0. The molecule has 3 heteroatoms. The van der Waals surface area contributed by atoms with Crippen LogP contribution in [0.15, 0.2) is 18.5 Å². The first-order chi connectivity index (χ1) is 5.38. The molecule has 3 nitrogen and oxygen atoms in total. The van der Waals surface area contributed by atoms with Crippen molar-refractivity contribution in [3.63, 3.8) is 0 Å². The highest BCUT2D eigenvalue weighted by atomic mass is 16.5. The number of fused-ring (bicyclic) bond motifs is 1. The van der Waals surface area contributed by atoms with Gasteiger partial charge in [0.1, 0.15) is 5.75 Å². The van der Waals surface area contributed by atoms with Gasteiger partial charge in [-0.1, -0.05) is 0 Å². The molecule has 0 saturated carbocycles. The summed E-state index contributed by atoms with van der Waals surface area (Å²) in [6.07, 6.45) is 3.60. The van der Waals surface area contributed by atoms with Gasteiger partial charge in [-0.3, -0.25) is 4.98 Å². The van der Waals surface area contributed by atoms with Gasteiger partial charge < -0.3 is 9.84 Å². The van der Waals surface area contributed by atoms with E-state index in [1.54, 1.807) is 18.5 Å².